The van der Waals surface area contributed by atoms with Gasteiger partial charge in [-0.25, -0.2) is 4.79 Å². The van der Waals surface area contributed by atoms with Crippen molar-refractivity contribution >= 4 is 18.0 Å². The van der Waals surface area contributed by atoms with Crippen molar-refractivity contribution in [3.63, 3.8) is 0 Å². The maximum atomic E-state index is 12.1. The fourth-order valence-corrected chi connectivity index (χ4v) is 3.00. The van der Waals surface area contributed by atoms with Crippen LogP contribution < -0.4 is 10.1 Å². The van der Waals surface area contributed by atoms with Crippen LogP contribution in [0.4, 0.5) is 0 Å². The number of benzene rings is 1. The van der Waals surface area contributed by atoms with Gasteiger partial charge in [0, 0.05) is 5.56 Å². The number of carbonyl (C=O) groups excluding carboxylic acids is 2. The third kappa shape index (κ3) is 3.40. The Morgan fingerprint density at radius 1 is 1.29 bits per heavy atom. The summed E-state index contributed by atoms with van der Waals surface area (Å²) in [5.41, 5.74) is 0.349. The molecular formula is C18H18N2O4. The second kappa shape index (κ2) is 6.75. The van der Waals surface area contributed by atoms with E-state index >= 15 is 0 Å². The molecule has 6 nitrogen and oxygen atoms in total. The average Bonchev–Trinajstić information content (AvgIpc) is 3.08. The number of fused-ring (bicyclic) bond motifs is 1. The number of esters is 1. The molecule has 0 unspecified atom stereocenters. The molecule has 1 heterocycles. The Labute approximate surface area is 140 Å². The van der Waals surface area contributed by atoms with Gasteiger partial charge >= 0.3 is 5.97 Å². The van der Waals surface area contributed by atoms with E-state index in [1.807, 2.05) is 24.3 Å². The van der Waals surface area contributed by atoms with Gasteiger partial charge in [0.1, 0.15) is 17.9 Å². The summed E-state index contributed by atoms with van der Waals surface area (Å²) in [4.78, 5) is 24.0. The maximum Gasteiger partial charge on any atom is 0.338 e. The third-order valence-corrected chi connectivity index (χ3v) is 4.28. The molecule has 0 atom stereocenters. The highest BCUT2D eigenvalue weighted by molar-refractivity contribution is 5.96. The fourth-order valence-electron chi connectivity index (χ4n) is 3.00. The quantitative estimate of drug-likeness (QED) is 0.855. The molecule has 1 fully saturated rings. The Kier molecular flexibility index (Phi) is 4.52. The highest BCUT2D eigenvalue weighted by Gasteiger charge is 2.35. The summed E-state index contributed by atoms with van der Waals surface area (Å²) in [6.07, 6.45) is 4.80. The minimum Gasteiger partial charge on any atom is -0.488 e. The highest BCUT2D eigenvalue weighted by Crippen LogP contribution is 2.29. The molecule has 0 bridgehead atoms. The largest absolute Gasteiger partial charge is 0.488 e. The Hall–Kier alpha value is -2.81. The molecular weight excluding hydrogens is 308 g/mol. The second-order valence-electron chi connectivity index (χ2n) is 6.02. The van der Waals surface area contributed by atoms with Crippen LogP contribution in [0, 0.1) is 11.3 Å². The van der Waals surface area contributed by atoms with Crippen LogP contribution in [0.1, 0.15) is 31.2 Å². The van der Waals surface area contributed by atoms with Crippen molar-refractivity contribution in [3.05, 3.63) is 35.4 Å². The summed E-state index contributed by atoms with van der Waals surface area (Å²) >= 11 is 0. The van der Waals surface area contributed by atoms with E-state index in [0.29, 0.717) is 24.2 Å². The van der Waals surface area contributed by atoms with Gasteiger partial charge in [0.15, 0.2) is 6.61 Å². The number of nitrogens with one attached hydrogen (secondary N) is 1. The van der Waals surface area contributed by atoms with Crippen LogP contribution >= 0.6 is 0 Å². The van der Waals surface area contributed by atoms with Crippen molar-refractivity contribution in [2.75, 3.05) is 13.2 Å². The number of hydrogen-bond donors (Lipinski definition) is 1. The minimum atomic E-state index is -0.810. The van der Waals surface area contributed by atoms with Crippen molar-refractivity contribution in [1.82, 2.24) is 5.32 Å². The average molecular weight is 326 g/mol. The lowest BCUT2D eigenvalue weighted by Crippen LogP contribution is -2.46. The third-order valence-electron chi connectivity index (χ3n) is 4.28. The number of hydrogen-bond acceptors (Lipinski definition) is 5. The first kappa shape index (κ1) is 16.1. The predicted molar refractivity (Wildman–Crippen MR) is 85.8 cm³/mol. The van der Waals surface area contributed by atoms with E-state index in [-0.39, 0.29) is 6.61 Å². The fraction of sp³-hybridized carbons (Fsp3) is 0.389. The Morgan fingerprint density at radius 2 is 2.04 bits per heavy atom. The van der Waals surface area contributed by atoms with Crippen molar-refractivity contribution in [2.45, 2.75) is 31.2 Å². The molecule has 1 saturated carbocycles. The molecule has 1 aromatic rings. The molecule has 2 aliphatic rings. The summed E-state index contributed by atoms with van der Waals surface area (Å²) in [6, 6.07) is 9.53. The topological polar surface area (TPSA) is 88.4 Å². The Bertz CT molecular complexity index is 727. The van der Waals surface area contributed by atoms with E-state index in [1.165, 1.54) is 0 Å². The Balaban J connectivity index is 1.55. The summed E-state index contributed by atoms with van der Waals surface area (Å²) in [6.45, 7) is -0.291. The number of amides is 1. The first-order chi connectivity index (χ1) is 11.6. The molecule has 124 valence electrons. The van der Waals surface area contributed by atoms with Crippen molar-refractivity contribution in [2.24, 2.45) is 0 Å². The normalized spacial score (nSPS) is 17.7. The smallest absolute Gasteiger partial charge is 0.338 e. The summed E-state index contributed by atoms with van der Waals surface area (Å²) in [5.74, 6) is -0.328. The molecule has 1 aliphatic heterocycles. The van der Waals surface area contributed by atoms with Gasteiger partial charge in [-0.15, -0.1) is 0 Å². The highest BCUT2D eigenvalue weighted by atomic mass is 16.5. The zero-order chi connectivity index (χ0) is 17.0. The standard InChI is InChI=1S/C18H18N2O4/c19-12-18(7-3-4-8-18)20-16(21)11-24-17(22)14-9-13-5-1-2-6-15(13)23-10-14/h1-2,5-6,9H,3-4,7-8,10-11H2,(H,20,21). The lowest BCUT2D eigenvalue weighted by molar-refractivity contribution is -0.145. The van der Waals surface area contributed by atoms with E-state index in [1.54, 1.807) is 6.08 Å². The minimum absolute atomic E-state index is 0.111. The number of rotatable bonds is 4. The van der Waals surface area contributed by atoms with E-state index in [2.05, 4.69) is 11.4 Å². The van der Waals surface area contributed by atoms with Crippen molar-refractivity contribution < 1.29 is 19.1 Å². The summed E-state index contributed by atoms with van der Waals surface area (Å²) in [5, 5.41) is 11.9. The molecule has 3 rings (SSSR count). The summed E-state index contributed by atoms with van der Waals surface area (Å²) in [7, 11) is 0. The van der Waals surface area contributed by atoms with Gasteiger partial charge in [0.2, 0.25) is 0 Å². The SMILES string of the molecule is N#CC1(NC(=O)COC(=O)C2=Cc3ccccc3OC2)CCCC1. The lowest BCUT2D eigenvalue weighted by Gasteiger charge is -2.22. The molecule has 0 radical (unpaired) electrons. The lowest BCUT2D eigenvalue weighted by atomic mass is 10.00. The zero-order valence-corrected chi connectivity index (χ0v) is 13.2. The van der Waals surface area contributed by atoms with Crippen LogP contribution in [0.25, 0.3) is 6.08 Å². The Morgan fingerprint density at radius 3 is 2.79 bits per heavy atom. The van der Waals surface area contributed by atoms with Crippen molar-refractivity contribution in [1.29, 1.82) is 5.26 Å². The molecule has 1 aliphatic carbocycles. The molecule has 0 spiro atoms. The monoisotopic (exact) mass is 326 g/mol. The van der Waals surface area contributed by atoms with Gasteiger partial charge in [-0.3, -0.25) is 4.79 Å². The molecule has 0 saturated heterocycles. The van der Waals surface area contributed by atoms with Gasteiger partial charge in [0.25, 0.3) is 5.91 Å². The molecule has 1 N–H and O–H groups in total. The van der Waals surface area contributed by atoms with Crippen LogP contribution in [0.15, 0.2) is 29.8 Å². The number of carbonyl (C=O) groups is 2. The number of nitrogens with zero attached hydrogens (tertiary/aromatic N) is 1. The second-order valence-corrected chi connectivity index (χ2v) is 6.02. The van der Waals surface area contributed by atoms with Gasteiger partial charge in [-0.2, -0.15) is 5.26 Å². The van der Waals surface area contributed by atoms with Crippen LogP contribution in [0.3, 0.4) is 0 Å². The van der Waals surface area contributed by atoms with Crippen LogP contribution in [-0.4, -0.2) is 30.6 Å². The van der Waals surface area contributed by atoms with E-state index in [4.69, 9.17) is 9.47 Å². The van der Waals surface area contributed by atoms with E-state index in [0.717, 1.165) is 18.4 Å². The molecule has 24 heavy (non-hydrogen) atoms. The van der Waals surface area contributed by atoms with Crippen LogP contribution in [0.5, 0.6) is 5.75 Å². The molecule has 1 aromatic carbocycles. The van der Waals surface area contributed by atoms with Crippen LogP contribution in [-0.2, 0) is 14.3 Å². The van der Waals surface area contributed by atoms with Gasteiger partial charge < -0.3 is 14.8 Å². The van der Waals surface area contributed by atoms with E-state index < -0.39 is 24.0 Å². The molecule has 6 heteroatoms. The summed E-state index contributed by atoms with van der Waals surface area (Å²) < 4.78 is 10.5. The predicted octanol–water partition coefficient (Wildman–Crippen LogP) is 1.96. The van der Waals surface area contributed by atoms with Gasteiger partial charge in [-0.05, 0) is 37.8 Å². The van der Waals surface area contributed by atoms with Crippen LogP contribution in [0.2, 0.25) is 0 Å². The zero-order valence-electron chi connectivity index (χ0n) is 13.2. The number of para-hydroxylation sites is 1. The number of nitriles is 1. The van der Waals surface area contributed by atoms with Gasteiger partial charge in [-0.1, -0.05) is 18.2 Å². The maximum absolute atomic E-state index is 12.1. The van der Waals surface area contributed by atoms with Crippen molar-refractivity contribution in [3.8, 4) is 11.8 Å². The van der Waals surface area contributed by atoms with Gasteiger partial charge in [0.05, 0.1) is 11.6 Å². The number of ether oxygens (including phenoxy) is 2. The van der Waals surface area contributed by atoms with E-state index in [9.17, 15) is 14.9 Å². The molecule has 1 amide bonds. The molecule has 0 aromatic heterocycles. The first-order valence-corrected chi connectivity index (χ1v) is 7.94. The first-order valence-electron chi connectivity index (χ1n) is 7.94.